The number of ether oxygens (including phenoxy) is 1. The van der Waals surface area contributed by atoms with Gasteiger partial charge in [-0.25, -0.2) is 9.86 Å². The quantitative estimate of drug-likeness (QED) is 0.464. The van der Waals surface area contributed by atoms with Crippen molar-refractivity contribution in [3.05, 3.63) is 51.4 Å². The van der Waals surface area contributed by atoms with Crippen LogP contribution in [0.4, 0.5) is 5.69 Å². The molecule has 1 aliphatic rings. The van der Waals surface area contributed by atoms with E-state index >= 15 is 0 Å². The zero-order valence-corrected chi connectivity index (χ0v) is 12.8. The number of amidine groups is 1. The van der Waals surface area contributed by atoms with Crippen LogP contribution in [0, 0.1) is 10.1 Å². The van der Waals surface area contributed by atoms with Gasteiger partial charge in [-0.05, 0) is 26.0 Å². The fourth-order valence-electron chi connectivity index (χ4n) is 1.95. The van der Waals surface area contributed by atoms with E-state index in [1.165, 1.54) is 36.4 Å². The van der Waals surface area contributed by atoms with Crippen LogP contribution < -0.4 is 0 Å². The summed E-state index contributed by atoms with van der Waals surface area (Å²) in [4.78, 5) is 32.3. The molecule has 0 aromatic heterocycles. The Morgan fingerprint density at radius 3 is 2.57 bits per heavy atom. The maximum Gasteiger partial charge on any atom is 0.379 e. The number of carbonyl (C=O) groups is 1. The summed E-state index contributed by atoms with van der Waals surface area (Å²) in [7, 11) is 1.40. The number of nitro groups is 1. The van der Waals surface area contributed by atoms with Gasteiger partial charge in [0.15, 0.2) is 0 Å². The molecule has 9 nitrogen and oxygen atoms in total. The van der Waals surface area contributed by atoms with Crippen LogP contribution in [-0.2, 0) is 19.2 Å². The van der Waals surface area contributed by atoms with Crippen LogP contribution in [0.1, 0.15) is 19.4 Å². The Morgan fingerprint density at radius 1 is 1.39 bits per heavy atom. The summed E-state index contributed by atoms with van der Waals surface area (Å²) in [5, 5.41) is 15.8. The van der Waals surface area contributed by atoms with Gasteiger partial charge in [0, 0.05) is 17.7 Å². The van der Waals surface area contributed by atoms with E-state index in [-0.39, 0.29) is 23.9 Å². The highest BCUT2D eigenvalue weighted by Crippen LogP contribution is 2.24. The first kappa shape index (κ1) is 16.4. The Kier molecular flexibility index (Phi) is 4.91. The number of hydrogen-bond donors (Lipinski definition) is 0. The van der Waals surface area contributed by atoms with E-state index in [0.717, 1.165) is 0 Å². The SMILES string of the molecule is CCOC(=O)C1=C(C)N(OC)C(c2ccc([N+](=O)[O-])cc2)=NO1. The molecule has 0 saturated heterocycles. The Labute approximate surface area is 131 Å². The van der Waals surface area contributed by atoms with Gasteiger partial charge in [-0.1, -0.05) is 5.16 Å². The lowest BCUT2D eigenvalue weighted by molar-refractivity contribution is -0.384. The third-order valence-corrected chi connectivity index (χ3v) is 3.03. The largest absolute Gasteiger partial charge is 0.460 e. The van der Waals surface area contributed by atoms with Crippen molar-refractivity contribution in [1.82, 2.24) is 5.06 Å². The number of nitro benzene ring substituents is 1. The Bertz CT molecular complexity index is 680. The van der Waals surface area contributed by atoms with E-state index in [9.17, 15) is 14.9 Å². The van der Waals surface area contributed by atoms with Crippen LogP contribution in [0.2, 0.25) is 0 Å². The van der Waals surface area contributed by atoms with Gasteiger partial charge >= 0.3 is 5.97 Å². The number of nitrogens with zero attached hydrogens (tertiary/aromatic N) is 3. The van der Waals surface area contributed by atoms with Crippen molar-refractivity contribution in [1.29, 1.82) is 0 Å². The monoisotopic (exact) mass is 321 g/mol. The maximum atomic E-state index is 11.8. The van der Waals surface area contributed by atoms with E-state index < -0.39 is 10.9 Å². The van der Waals surface area contributed by atoms with Crippen molar-refractivity contribution in [3.8, 4) is 0 Å². The van der Waals surface area contributed by atoms with Crippen LogP contribution in [0.5, 0.6) is 0 Å². The summed E-state index contributed by atoms with van der Waals surface area (Å²) in [6.07, 6.45) is 0. The molecule has 0 fully saturated rings. The van der Waals surface area contributed by atoms with Crippen LogP contribution >= 0.6 is 0 Å². The summed E-state index contributed by atoms with van der Waals surface area (Å²) in [5.41, 5.74) is 0.837. The second-order valence-corrected chi connectivity index (χ2v) is 4.42. The van der Waals surface area contributed by atoms with Gasteiger partial charge in [0.1, 0.15) is 0 Å². The van der Waals surface area contributed by atoms with Crippen LogP contribution in [0.15, 0.2) is 40.9 Å². The minimum Gasteiger partial charge on any atom is -0.460 e. The smallest absolute Gasteiger partial charge is 0.379 e. The van der Waals surface area contributed by atoms with Gasteiger partial charge in [-0.15, -0.1) is 0 Å². The van der Waals surface area contributed by atoms with E-state index in [1.54, 1.807) is 13.8 Å². The van der Waals surface area contributed by atoms with E-state index in [2.05, 4.69) is 5.16 Å². The molecule has 0 bridgehead atoms. The molecule has 0 aliphatic carbocycles. The van der Waals surface area contributed by atoms with E-state index in [1.807, 2.05) is 0 Å². The first-order valence-corrected chi connectivity index (χ1v) is 6.71. The van der Waals surface area contributed by atoms with Crippen LogP contribution in [0.3, 0.4) is 0 Å². The summed E-state index contributed by atoms with van der Waals surface area (Å²) in [6, 6.07) is 5.70. The molecular weight excluding hydrogens is 306 g/mol. The molecular formula is C14H15N3O6. The van der Waals surface area contributed by atoms with E-state index in [0.29, 0.717) is 11.3 Å². The fourth-order valence-corrected chi connectivity index (χ4v) is 1.95. The molecule has 0 unspecified atom stereocenters. The van der Waals surface area contributed by atoms with Gasteiger partial charge in [0.2, 0.25) is 5.84 Å². The number of benzene rings is 1. The third kappa shape index (κ3) is 3.29. The van der Waals surface area contributed by atoms with Gasteiger partial charge in [-0.2, -0.15) is 0 Å². The van der Waals surface area contributed by atoms with Crippen molar-refractivity contribution >= 4 is 17.5 Å². The lowest BCUT2D eigenvalue weighted by Gasteiger charge is -2.27. The molecule has 0 saturated carbocycles. The average molecular weight is 321 g/mol. The minimum absolute atomic E-state index is 0.0467. The molecule has 2 rings (SSSR count). The first-order chi connectivity index (χ1) is 11.0. The fraction of sp³-hybridized carbons (Fsp3) is 0.286. The lowest BCUT2D eigenvalue weighted by atomic mass is 10.1. The molecule has 0 atom stereocenters. The molecule has 23 heavy (non-hydrogen) atoms. The minimum atomic E-state index is -0.654. The molecule has 1 aromatic carbocycles. The summed E-state index contributed by atoms with van der Waals surface area (Å²) >= 11 is 0. The highest BCUT2D eigenvalue weighted by molar-refractivity contribution is 6.00. The predicted octanol–water partition coefficient (Wildman–Crippen LogP) is 1.94. The summed E-state index contributed by atoms with van der Waals surface area (Å²) in [5.74, 6) is -0.481. The van der Waals surface area contributed by atoms with Crippen LogP contribution in [-0.4, -0.2) is 35.5 Å². The number of carbonyl (C=O) groups excluding carboxylic acids is 1. The highest BCUT2D eigenvalue weighted by Gasteiger charge is 2.30. The van der Waals surface area contributed by atoms with Gasteiger partial charge < -0.3 is 9.57 Å². The van der Waals surface area contributed by atoms with E-state index in [4.69, 9.17) is 14.4 Å². The number of allylic oxidation sites excluding steroid dienone is 1. The number of hydrogen-bond acceptors (Lipinski definition) is 8. The Balaban J connectivity index is 2.31. The number of rotatable bonds is 5. The zero-order valence-electron chi connectivity index (χ0n) is 12.8. The summed E-state index contributed by atoms with van der Waals surface area (Å²) in [6.45, 7) is 3.48. The molecule has 0 amide bonds. The van der Waals surface area contributed by atoms with Crippen molar-refractivity contribution in [2.75, 3.05) is 13.7 Å². The third-order valence-electron chi connectivity index (χ3n) is 3.03. The van der Waals surface area contributed by atoms with Crippen molar-refractivity contribution in [3.63, 3.8) is 0 Å². The molecule has 1 aromatic rings. The van der Waals surface area contributed by atoms with Crippen molar-refractivity contribution < 1.29 is 24.1 Å². The maximum absolute atomic E-state index is 11.8. The highest BCUT2D eigenvalue weighted by atomic mass is 16.7. The molecule has 1 aliphatic heterocycles. The van der Waals surface area contributed by atoms with Gasteiger partial charge in [0.05, 0.1) is 24.3 Å². The first-order valence-electron chi connectivity index (χ1n) is 6.71. The molecule has 122 valence electrons. The van der Waals surface area contributed by atoms with Gasteiger partial charge in [0.25, 0.3) is 11.4 Å². The molecule has 0 radical (unpaired) electrons. The molecule has 0 spiro atoms. The average Bonchev–Trinajstić information content (AvgIpc) is 2.54. The number of non-ortho nitro benzene ring substituents is 1. The predicted molar refractivity (Wildman–Crippen MR) is 78.9 cm³/mol. The second kappa shape index (κ2) is 6.88. The van der Waals surface area contributed by atoms with Crippen molar-refractivity contribution in [2.24, 2.45) is 5.16 Å². The van der Waals surface area contributed by atoms with Gasteiger partial charge in [-0.3, -0.25) is 15.0 Å². The topological polar surface area (TPSA) is 104 Å². The normalized spacial score (nSPS) is 14.2. The molecule has 1 heterocycles. The zero-order chi connectivity index (χ0) is 17.0. The molecule has 0 N–H and O–H groups in total. The number of hydroxylamine groups is 2. The number of oxime groups is 1. The second-order valence-electron chi connectivity index (χ2n) is 4.42. The lowest BCUT2D eigenvalue weighted by Crippen LogP contribution is -2.34. The van der Waals surface area contributed by atoms with Crippen LogP contribution in [0.25, 0.3) is 0 Å². The van der Waals surface area contributed by atoms with Crippen molar-refractivity contribution in [2.45, 2.75) is 13.8 Å². The Hall–Kier alpha value is -2.94. The summed E-state index contributed by atoms with van der Waals surface area (Å²) < 4.78 is 4.88. The molecule has 9 heteroatoms. The number of esters is 1. The standard InChI is InChI=1S/C14H15N3O6/c1-4-22-14(18)12-9(2)16(21-3)13(15-23-12)10-5-7-11(8-6-10)17(19)20/h5-8H,4H2,1-3H3. The Morgan fingerprint density at radius 2 is 2.04 bits per heavy atom.